The smallest absolute Gasteiger partial charge is 0.259 e. The molecule has 0 saturated heterocycles. The second kappa shape index (κ2) is 5.40. The van der Waals surface area contributed by atoms with Crippen LogP contribution in [0.25, 0.3) is 0 Å². The van der Waals surface area contributed by atoms with Gasteiger partial charge in [-0.2, -0.15) is 0 Å². The topological polar surface area (TPSA) is 42.2 Å². The molecule has 3 nitrogen and oxygen atoms in total. The number of halogens is 1. The van der Waals surface area contributed by atoms with Gasteiger partial charge in [-0.15, -0.1) is 0 Å². The normalized spacial score (nSPS) is 10.4. The van der Waals surface area contributed by atoms with Crippen molar-refractivity contribution in [3.63, 3.8) is 0 Å². The van der Waals surface area contributed by atoms with E-state index < -0.39 is 0 Å². The van der Waals surface area contributed by atoms with Gasteiger partial charge in [-0.3, -0.25) is 4.79 Å². The Morgan fingerprint density at radius 2 is 1.94 bits per heavy atom. The maximum Gasteiger partial charge on any atom is 0.259 e. The highest BCUT2D eigenvalue weighted by molar-refractivity contribution is 9.08. The first kappa shape index (κ1) is 12.9. The number of alkyl halides is 1. The Balaban J connectivity index is 2.13. The SMILES string of the molecule is Cc1cc(C(=O)Nc2ccc(CBr)cc2)c(C)o1. The molecule has 0 atom stereocenters. The van der Waals surface area contributed by atoms with E-state index in [0.717, 1.165) is 16.8 Å². The van der Waals surface area contributed by atoms with Crippen molar-refractivity contribution in [3.8, 4) is 0 Å². The average Bonchev–Trinajstić information content (AvgIpc) is 2.69. The van der Waals surface area contributed by atoms with Gasteiger partial charge in [0, 0.05) is 11.0 Å². The van der Waals surface area contributed by atoms with Crippen LogP contribution in [0.15, 0.2) is 34.7 Å². The first-order chi connectivity index (χ1) is 8.60. The molecule has 0 unspecified atom stereocenters. The number of nitrogens with one attached hydrogen (secondary N) is 1. The average molecular weight is 308 g/mol. The lowest BCUT2D eigenvalue weighted by atomic mass is 10.2. The highest BCUT2D eigenvalue weighted by atomic mass is 79.9. The Labute approximate surface area is 114 Å². The molecular formula is C14H14BrNO2. The summed E-state index contributed by atoms with van der Waals surface area (Å²) in [6.07, 6.45) is 0. The molecule has 0 spiro atoms. The zero-order chi connectivity index (χ0) is 13.1. The summed E-state index contributed by atoms with van der Waals surface area (Å²) in [6, 6.07) is 9.46. The maximum atomic E-state index is 12.0. The summed E-state index contributed by atoms with van der Waals surface area (Å²) in [5.74, 6) is 1.24. The Morgan fingerprint density at radius 3 is 2.44 bits per heavy atom. The molecule has 0 fully saturated rings. The molecule has 18 heavy (non-hydrogen) atoms. The number of carbonyl (C=O) groups is 1. The van der Waals surface area contributed by atoms with Gasteiger partial charge in [-0.25, -0.2) is 0 Å². The molecule has 0 radical (unpaired) electrons. The van der Waals surface area contributed by atoms with Gasteiger partial charge in [0.25, 0.3) is 5.91 Å². The van der Waals surface area contributed by atoms with Gasteiger partial charge in [0.05, 0.1) is 5.56 Å². The third-order valence-corrected chi connectivity index (χ3v) is 3.30. The van der Waals surface area contributed by atoms with Crippen LogP contribution in [0.1, 0.15) is 27.4 Å². The lowest BCUT2D eigenvalue weighted by Crippen LogP contribution is -2.12. The van der Waals surface area contributed by atoms with Crippen molar-refractivity contribution in [1.82, 2.24) is 0 Å². The molecule has 1 heterocycles. The van der Waals surface area contributed by atoms with E-state index in [1.54, 1.807) is 13.0 Å². The molecule has 0 aliphatic rings. The number of anilines is 1. The predicted octanol–water partition coefficient (Wildman–Crippen LogP) is 4.04. The molecule has 1 amide bonds. The first-order valence-corrected chi connectivity index (χ1v) is 6.75. The van der Waals surface area contributed by atoms with Gasteiger partial charge in [-0.05, 0) is 37.6 Å². The van der Waals surface area contributed by atoms with Crippen LogP contribution >= 0.6 is 15.9 Å². The van der Waals surface area contributed by atoms with Gasteiger partial charge in [0.2, 0.25) is 0 Å². The largest absolute Gasteiger partial charge is 0.466 e. The van der Waals surface area contributed by atoms with Crippen molar-refractivity contribution in [1.29, 1.82) is 0 Å². The number of benzene rings is 1. The van der Waals surface area contributed by atoms with E-state index in [9.17, 15) is 4.79 Å². The van der Waals surface area contributed by atoms with E-state index >= 15 is 0 Å². The second-order valence-electron chi connectivity index (χ2n) is 4.11. The molecular weight excluding hydrogens is 294 g/mol. The summed E-state index contributed by atoms with van der Waals surface area (Å²) in [7, 11) is 0. The molecule has 4 heteroatoms. The van der Waals surface area contributed by atoms with Gasteiger partial charge < -0.3 is 9.73 Å². The van der Waals surface area contributed by atoms with Crippen LogP contribution in [0.3, 0.4) is 0 Å². The van der Waals surface area contributed by atoms with E-state index in [0.29, 0.717) is 11.3 Å². The summed E-state index contributed by atoms with van der Waals surface area (Å²) >= 11 is 3.38. The van der Waals surface area contributed by atoms with E-state index in [1.165, 1.54) is 5.56 Å². The monoisotopic (exact) mass is 307 g/mol. The van der Waals surface area contributed by atoms with Gasteiger partial charge in [0.15, 0.2) is 0 Å². The van der Waals surface area contributed by atoms with E-state index in [1.807, 2.05) is 31.2 Å². The summed E-state index contributed by atoms with van der Waals surface area (Å²) in [4.78, 5) is 12.0. The lowest BCUT2D eigenvalue weighted by molar-refractivity contribution is 0.102. The molecule has 1 aromatic heterocycles. The standard InChI is InChI=1S/C14H14BrNO2/c1-9-7-13(10(2)18-9)14(17)16-12-5-3-11(8-15)4-6-12/h3-7H,8H2,1-2H3,(H,16,17). The minimum Gasteiger partial charge on any atom is -0.466 e. The second-order valence-corrected chi connectivity index (χ2v) is 4.67. The molecule has 2 aromatic rings. The summed E-state index contributed by atoms with van der Waals surface area (Å²) in [5, 5.41) is 3.66. The van der Waals surface area contributed by atoms with Crippen molar-refractivity contribution < 1.29 is 9.21 Å². The Bertz CT molecular complexity index is 558. The van der Waals surface area contributed by atoms with Gasteiger partial charge in [0.1, 0.15) is 11.5 Å². The quantitative estimate of drug-likeness (QED) is 0.869. The number of amides is 1. The van der Waals surface area contributed by atoms with Crippen LogP contribution in [0, 0.1) is 13.8 Å². The Kier molecular flexibility index (Phi) is 3.87. The van der Waals surface area contributed by atoms with Crippen LogP contribution in [0.4, 0.5) is 5.69 Å². The fraction of sp³-hybridized carbons (Fsp3) is 0.214. The minimum atomic E-state index is -0.143. The summed E-state index contributed by atoms with van der Waals surface area (Å²) in [6.45, 7) is 3.62. The number of hydrogen-bond acceptors (Lipinski definition) is 2. The first-order valence-electron chi connectivity index (χ1n) is 5.63. The van der Waals surface area contributed by atoms with Crippen molar-refractivity contribution in [3.05, 3.63) is 53.0 Å². The molecule has 0 bridgehead atoms. The molecule has 0 aliphatic carbocycles. The van der Waals surface area contributed by atoms with Crippen LogP contribution < -0.4 is 5.32 Å². The van der Waals surface area contributed by atoms with Crippen LogP contribution in [0.5, 0.6) is 0 Å². The van der Waals surface area contributed by atoms with Gasteiger partial charge in [-0.1, -0.05) is 28.1 Å². The summed E-state index contributed by atoms with van der Waals surface area (Å²) < 4.78 is 5.34. The minimum absolute atomic E-state index is 0.143. The van der Waals surface area contributed by atoms with E-state index in [4.69, 9.17) is 4.42 Å². The number of furan rings is 1. The van der Waals surface area contributed by atoms with E-state index in [2.05, 4.69) is 21.2 Å². The van der Waals surface area contributed by atoms with Crippen molar-refractivity contribution in [2.45, 2.75) is 19.2 Å². The highest BCUT2D eigenvalue weighted by Crippen LogP contribution is 2.17. The van der Waals surface area contributed by atoms with Gasteiger partial charge >= 0.3 is 0 Å². The number of aryl methyl sites for hydroxylation is 2. The number of carbonyl (C=O) groups excluding carboxylic acids is 1. The predicted molar refractivity (Wildman–Crippen MR) is 75.2 cm³/mol. The number of rotatable bonds is 3. The molecule has 0 saturated carbocycles. The van der Waals surface area contributed by atoms with Crippen molar-refractivity contribution in [2.75, 3.05) is 5.32 Å². The zero-order valence-corrected chi connectivity index (χ0v) is 11.9. The number of hydrogen-bond donors (Lipinski definition) is 1. The Hall–Kier alpha value is -1.55. The van der Waals surface area contributed by atoms with Crippen LogP contribution in [0.2, 0.25) is 0 Å². The highest BCUT2D eigenvalue weighted by Gasteiger charge is 2.13. The fourth-order valence-corrected chi connectivity index (χ4v) is 2.11. The zero-order valence-electron chi connectivity index (χ0n) is 10.3. The van der Waals surface area contributed by atoms with Crippen LogP contribution in [-0.2, 0) is 5.33 Å². The van der Waals surface area contributed by atoms with Crippen molar-refractivity contribution >= 4 is 27.5 Å². The molecule has 94 valence electrons. The third-order valence-electron chi connectivity index (χ3n) is 2.65. The van der Waals surface area contributed by atoms with E-state index in [-0.39, 0.29) is 5.91 Å². The molecule has 0 aliphatic heterocycles. The van der Waals surface area contributed by atoms with Crippen LogP contribution in [-0.4, -0.2) is 5.91 Å². The molecule has 1 N–H and O–H groups in total. The fourth-order valence-electron chi connectivity index (χ4n) is 1.73. The molecule has 2 rings (SSSR count). The lowest BCUT2D eigenvalue weighted by Gasteiger charge is -2.04. The van der Waals surface area contributed by atoms with Crippen molar-refractivity contribution in [2.24, 2.45) is 0 Å². The maximum absolute atomic E-state index is 12.0. The molecule has 1 aromatic carbocycles. The third kappa shape index (κ3) is 2.82. The Morgan fingerprint density at radius 1 is 1.28 bits per heavy atom. The summed E-state index contributed by atoms with van der Waals surface area (Å²) in [5.41, 5.74) is 2.53.